The highest BCUT2D eigenvalue weighted by atomic mass is 31.1. The zero-order chi connectivity index (χ0) is 9.40. The monoisotopic (exact) mass is 220 g/mol. The van der Waals surface area contributed by atoms with E-state index in [0.717, 1.165) is 0 Å². The third-order valence-corrected chi connectivity index (χ3v) is 3.71. The number of hydrogen-bond acceptors (Lipinski definition) is 0. The van der Waals surface area contributed by atoms with E-state index in [2.05, 4.69) is 0 Å². The minimum Gasteiger partial charge on any atom is -0.246 e. The van der Waals surface area contributed by atoms with Gasteiger partial charge in [0, 0.05) is 0 Å². The van der Waals surface area contributed by atoms with Gasteiger partial charge in [-0.1, -0.05) is 11.6 Å². The second kappa shape index (κ2) is 7.94. The van der Waals surface area contributed by atoms with Crippen molar-refractivity contribution in [1.82, 2.24) is 0 Å². The maximum absolute atomic E-state index is 11.9. The summed E-state index contributed by atoms with van der Waals surface area (Å²) < 4.78 is 47.5. The molecule has 0 saturated carbocycles. The van der Waals surface area contributed by atoms with Crippen molar-refractivity contribution in [3.63, 3.8) is 0 Å². The van der Waals surface area contributed by atoms with Crippen LogP contribution in [0.2, 0.25) is 0 Å². The molecule has 0 nitrogen and oxygen atoms in total. The van der Waals surface area contributed by atoms with Gasteiger partial charge in [-0.2, -0.15) is 0 Å². The van der Waals surface area contributed by atoms with Crippen LogP contribution in [-0.4, -0.2) is 25.7 Å². The van der Waals surface area contributed by atoms with Crippen molar-refractivity contribution in [3.05, 3.63) is 11.6 Å². The predicted octanol–water partition coefficient (Wildman–Crippen LogP) is 4.13. The summed E-state index contributed by atoms with van der Waals surface area (Å²) in [6.45, 7) is 0. The Balaban J connectivity index is 3.83. The molecule has 0 atom stereocenters. The third-order valence-electron chi connectivity index (χ3n) is 1.10. The van der Waals surface area contributed by atoms with E-state index < -0.39 is 41.5 Å². The zero-order valence-electron chi connectivity index (χ0n) is 6.39. The summed E-state index contributed by atoms with van der Waals surface area (Å²) >= 11 is 0. The summed E-state index contributed by atoms with van der Waals surface area (Å²) in [7, 11) is -2.86. The van der Waals surface area contributed by atoms with Crippen LogP contribution in [0.25, 0.3) is 0 Å². The highest BCUT2D eigenvalue weighted by Gasteiger charge is 2.05. The van der Waals surface area contributed by atoms with Crippen molar-refractivity contribution >= 4 is 15.8 Å². The van der Waals surface area contributed by atoms with Crippen molar-refractivity contribution in [2.45, 2.75) is 0 Å². The fourth-order valence-electron chi connectivity index (χ4n) is 0.412. The van der Waals surface area contributed by atoms with Crippen molar-refractivity contribution < 1.29 is 17.6 Å². The molecule has 0 aromatic carbocycles. The average Bonchev–Trinajstić information content (AvgIpc) is 2.13. The van der Waals surface area contributed by atoms with Gasteiger partial charge in [-0.15, -0.1) is 0 Å². The van der Waals surface area contributed by atoms with Gasteiger partial charge >= 0.3 is 0 Å². The van der Waals surface area contributed by atoms with Gasteiger partial charge in [0.2, 0.25) is 0 Å². The molecule has 6 heteroatoms. The van der Waals surface area contributed by atoms with Gasteiger partial charge in [-0.05, 0) is 15.8 Å². The molecule has 0 heterocycles. The summed E-state index contributed by atoms with van der Waals surface area (Å²) in [5.74, 6) is 2.56. The second-order valence-corrected chi connectivity index (χ2v) is 5.86. The van der Waals surface area contributed by atoms with Crippen LogP contribution in [0.1, 0.15) is 0 Å². The smallest absolute Gasteiger partial charge is 0.114 e. The van der Waals surface area contributed by atoms with Crippen LogP contribution in [0.5, 0.6) is 0 Å². The molecule has 0 aliphatic rings. The fraction of sp³-hybridized carbons (Fsp3) is 0.667. The van der Waals surface area contributed by atoms with Gasteiger partial charge in [-0.3, -0.25) is 0 Å². The van der Waals surface area contributed by atoms with E-state index in [4.69, 9.17) is 0 Å². The lowest BCUT2D eigenvalue weighted by atomic mass is 11.2. The Kier molecular flexibility index (Phi) is 8.15. The van der Waals surface area contributed by atoms with Crippen molar-refractivity contribution in [1.29, 1.82) is 0 Å². The van der Waals surface area contributed by atoms with Crippen LogP contribution in [-0.2, 0) is 0 Å². The quantitative estimate of drug-likeness (QED) is 0.466. The maximum Gasteiger partial charge on any atom is 0.114 e. The summed E-state index contributed by atoms with van der Waals surface area (Å²) in [6.07, 6.45) is -3.04. The first-order valence-corrected chi connectivity index (χ1v) is 6.75. The molecule has 0 aromatic heterocycles. The topological polar surface area (TPSA) is 0 Å². The van der Waals surface area contributed by atoms with Gasteiger partial charge < -0.3 is 0 Å². The highest BCUT2D eigenvalue weighted by Crippen LogP contribution is 2.44. The molecule has 0 spiro atoms. The van der Waals surface area contributed by atoms with Crippen molar-refractivity contribution in [2.75, 3.05) is 25.7 Å². The molecule has 72 valence electrons. The van der Waals surface area contributed by atoms with E-state index in [1.165, 1.54) is 11.6 Å². The molecule has 0 unspecified atom stereocenters. The highest BCUT2D eigenvalue weighted by molar-refractivity contribution is 7.64. The molecule has 0 aliphatic heterocycles. The van der Waals surface area contributed by atoms with Crippen LogP contribution in [0.4, 0.5) is 17.6 Å². The summed E-state index contributed by atoms with van der Waals surface area (Å²) in [5, 5.41) is 0. The molecule has 12 heavy (non-hydrogen) atoms. The lowest BCUT2D eigenvalue weighted by Crippen LogP contribution is -1.77. The van der Waals surface area contributed by atoms with Crippen LogP contribution >= 0.6 is 15.8 Å². The van der Waals surface area contributed by atoms with Crippen LogP contribution < -0.4 is 0 Å². The molecule has 0 radical (unpaired) electrons. The van der Waals surface area contributed by atoms with Gasteiger partial charge in [0.25, 0.3) is 0 Å². The van der Waals surface area contributed by atoms with E-state index in [1.807, 2.05) is 0 Å². The normalized spacial score (nSPS) is 12.2. The Bertz CT molecular complexity index is 109. The van der Waals surface area contributed by atoms with Gasteiger partial charge in [0.05, 0.1) is 0 Å². The third kappa shape index (κ3) is 5.05. The average molecular weight is 220 g/mol. The first-order valence-electron chi connectivity index (χ1n) is 3.18. The van der Waals surface area contributed by atoms with Gasteiger partial charge in [-0.25, -0.2) is 17.6 Å². The first-order chi connectivity index (χ1) is 5.78. The summed E-state index contributed by atoms with van der Waals surface area (Å²) in [6, 6.07) is 0. The molecule has 0 N–H and O–H groups in total. The Labute approximate surface area is 71.5 Å². The largest absolute Gasteiger partial charge is 0.246 e. The minimum atomic E-state index is -1.43. The maximum atomic E-state index is 11.9. The van der Waals surface area contributed by atoms with Crippen LogP contribution in [0, 0.1) is 0 Å². The van der Waals surface area contributed by atoms with E-state index in [1.54, 1.807) is 0 Å². The number of alkyl halides is 4. The predicted molar refractivity (Wildman–Crippen MR) is 46.9 cm³/mol. The molecule has 0 saturated heterocycles. The summed E-state index contributed by atoms with van der Waals surface area (Å²) in [5.41, 5.74) is 0. The zero-order valence-corrected chi connectivity index (χ0v) is 8.18. The van der Waals surface area contributed by atoms with Crippen LogP contribution in [0.3, 0.4) is 0 Å². The minimum absolute atomic E-state index is 0.760. The Morgan fingerprint density at radius 3 is 1.08 bits per heavy atom. The number of halogens is 4. The lowest BCUT2D eigenvalue weighted by Gasteiger charge is -2.04. The van der Waals surface area contributed by atoms with Crippen LogP contribution in [0.15, 0.2) is 11.6 Å². The molecular weight excluding hydrogens is 210 g/mol. The molecule has 0 bridgehead atoms. The number of rotatable bonds is 6. The number of hydrogen-bond donors (Lipinski definition) is 0. The second-order valence-electron chi connectivity index (χ2n) is 1.95. The van der Waals surface area contributed by atoms with E-state index >= 15 is 0 Å². The standard InChI is InChI=1S/C6H10F4P2/c7-3-11(4-8)1-2-12(5-9)6-10/h1-2H,3-6H2/b2-1-. The van der Waals surface area contributed by atoms with E-state index in [0.29, 0.717) is 0 Å². The summed E-state index contributed by atoms with van der Waals surface area (Å²) in [4.78, 5) is 0. The van der Waals surface area contributed by atoms with Gasteiger partial charge in [0.15, 0.2) is 0 Å². The lowest BCUT2D eigenvalue weighted by molar-refractivity contribution is 0.567. The molecule has 0 rings (SSSR count). The van der Waals surface area contributed by atoms with E-state index in [9.17, 15) is 17.6 Å². The fourth-order valence-corrected chi connectivity index (χ4v) is 2.37. The van der Waals surface area contributed by atoms with E-state index in [-0.39, 0.29) is 0 Å². The molecule has 0 fully saturated rings. The molecule has 0 aromatic rings. The Morgan fingerprint density at radius 2 is 0.917 bits per heavy atom. The Morgan fingerprint density at radius 1 is 0.667 bits per heavy atom. The molecule has 0 amide bonds. The molecular formula is C6H10F4P2. The van der Waals surface area contributed by atoms with Gasteiger partial charge in [0.1, 0.15) is 25.7 Å². The molecule has 0 aliphatic carbocycles. The van der Waals surface area contributed by atoms with Crippen molar-refractivity contribution in [3.8, 4) is 0 Å². The Hall–Kier alpha value is 0.320. The SMILES string of the molecule is FCP(/C=C\P(CF)CF)CF. The first kappa shape index (κ1) is 12.3. The van der Waals surface area contributed by atoms with Crippen molar-refractivity contribution in [2.24, 2.45) is 0 Å².